The average molecular weight is 507 g/mol. The number of non-ortho nitro benzene ring substituents is 1. The molecule has 0 unspecified atom stereocenters. The van der Waals surface area contributed by atoms with Gasteiger partial charge in [0.15, 0.2) is 5.70 Å². The molecule has 1 heterocycles. The lowest BCUT2D eigenvalue weighted by Crippen LogP contribution is -2.09. The first-order chi connectivity index (χ1) is 15.8. The van der Waals surface area contributed by atoms with E-state index in [-0.39, 0.29) is 28.6 Å². The first-order valence-electron chi connectivity index (χ1n) is 9.66. The zero-order valence-corrected chi connectivity index (χ0v) is 18.7. The summed E-state index contributed by atoms with van der Waals surface area (Å²) in [6, 6.07) is 17.4. The summed E-state index contributed by atoms with van der Waals surface area (Å²) in [5.41, 5.74) is 2.14. The highest BCUT2D eigenvalue weighted by Gasteiger charge is 2.25. The van der Waals surface area contributed by atoms with E-state index in [1.165, 1.54) is 30.3 Å². The van der Waals surface area contributed by atoms with Crippen LogP contribution in [0, 0.1) is 17.0 Å². The van der Waals surface area contributed by atoms with Gasteiger partial charge >= 0.3 is 11.9 Å². The van der Waals surface area contributed by atoms with Gasteiger partial charge in [0.1, 0.15) is 5.75 Å². The van der Waals surface area contributed by atoms with Gasteiger partial charge in [0.25, 0.3) is 5.69 Å². The van der Waals surface area contributed by atoms with Gasteiger partial charge in [-0.15, -0.1) is 0 Å². The van der Waals surface area contributed by atoms with Crippen molar-refractivity contribution < 1.29 is 24.0 Å². The number of hydrogen-bond acceptors (Lipinski definition) is 7. The summed E-state index contributed by atoms with van der Waals surface area (Å²) in [6.45, 7) is 1.92. The van der Waals surface area contributed by atoms with Crippen molar-refractivity contribution in [2.24, 2.45) is 4.99 Å². The van der Waals surface area contributed by atoms with Crippen molar-refractivity contribution in [3.05, 3.63) is 109 Å². The van der Waals surface area contributed by atoms with Gasteiger partial charge in [-0.25, -0.2) is 14.6 Å². The smallest absolute Gasteiger partial charge is 0.363 e. The molecule has 0 spiro atoms. The molecule has 164 valence electrons. The number of cyclic esters (lactones) is 1. The number of aryl methyl sites for hydroxylation is 1. The quantitative estimate of drug-likeness (QED) is 0.154. The first kappa shape index (κ1) is 22.1. The van der Waals surface area contributed by atoms with E-state index in [0.717, 1.165) is 5.56 Å². The van der Waals surface area contributed by atoms with E-state index < -0.39 is 16.9 Å². The number of ether oxygens (including phenoxy) is 2. The van der Waals surface area contributed by atoms with Crippen molar-refractivity contribution in [2.75, 3.05) is 0 Å². The van der Waals surface area contributed by atoms with Crippen molar-refractivity contribution in [3.63, 3.8) is 0 Å². The van der Waals surface area contributed by atoms with Crippen LogP contribution in [0.5, 0.6) is 5.75 Å². The van der Waals surface area contributed by atoms with E-state index in [2.05, 4.69) is 20.9 Å². The van der Waals surface area contributed by atoms with Crippen LogP contribution >= 0.6 is 15.9 Å². The van der Waals surface area contributed by atoms with Gasteiger partial charge in [-0.1, -0.05) is 33.6 Å². The summed E-state index contributed by atoms with van der Waals surface area (Å²) in [5.74, 6) is -0.959. The molecule has 0 aromatic heterocycles. The molecule has 0 saturated heterocycles. The maximum atomic E-state index is 12.6. The monoisotopic (exact) mass is 506 g/mol. The van der Waals surface area contributed by atoms with Gasteiger partial charge in [0.2, 0.25) is 5.90 Å². The number of halogens is 1. The van der Waals surface area contributed by atoms with Gasteiger partial charge in [-0.05, 0) is 55.5 Å². The molecule has 33 heavy (non-hydrogen) atoms. The van der Waals surface area contributed by atoms with Gasteiger partial charge in [-0.2, -0.15) is 0 Å². The van der Waals surface area contributed by atoms with Crippen LogP contribution in [-0.4, -0.2) is 22.8 Å². The Labute approximate surface area is 196 Å². The maximum Gasteiger partial charge on any atom is 0.363 e. The van der Waals surface area contributed by atoms with Crippen molar-refractivity contribution in [1.82, 2.24) is 0 Å². The number of benzene rings is 3. The molecule has 0 radical (unpaired) electrons. The van der Waals surface area contributed by atoms with Crippen LogP contribution < -0.4 is 4.74 Å². The summed E-state index contributed by atoms with van der Waals surface area (Å²) in [5, 5.41) is 10.8. The third-order valence-corrected chi connectivity index (χ3v) is 5.16. The van der Waals surface area contributed by atoms with E-state index in [4.69, 9.17) is 9.47 Å². The number of hydrogen-bond donors (Lipinski definition) is 0. The van der Waals surface area contributed by atoms with E-state index in [9.17, 15) is 19.7 Å². The molecule has 0 atom stereocenters. The zero-order chi connectivity index (χ0) is 23.5. The summed E-state index contributed by atoms with van der Waals surface area (Å²) in [4.78, 5) is 39.5. The highest BCUT2D eigenvalue weighted by Crippen LogP contribution is 2.29. The minimum Gasteiger partial charge on any atom is -0.422 e. The summed E-state index contributed by atoms with van der Waals surface area (Å²) in [6.07, 6.45) is 1.47. The van der Waals surface area contributed by atoms with Crippen molar-refractivity contribution in [2.45, 2.75) is 6.92 Å². The summed E-state index contributed by atoms with van der Waals surface area (Å²) < 4.78 is 11.5. The Morgan fingerprint density at radius 3 is 2.58 bits per heavy atom. The number of esters is 2. The topological polar surface area (TPSA) is 108 Å². The molecule has 3 aromatic carbocycles. The lowest BCUT2D eigenvalue weighted by molar-refractivity contribution is -0.384. The second kappa shape index (κ2) is 9.17. The molecule has 0 saturated carbocycles. The molecular weight excluding hydrogens is 492 g/mol. The predicted molar refractivity (Wildman–Crippen MR) is 124 cm³/mol. The molecule has 9 heteroatoms. The lowest BCUT2D eigenvalue weighted by atomic mass is 10.1. The second-order valence-electron chi connectivity index (χ2n) is 7.08. The number of nitrogens with zero attached hydrogens (tertiary/aromatic N) is 2. The van der Waals surface area contributed by atoms with Crippen LogP contribution in [-0.2, 0) is 9.53 Å². The molecule has 0 fully saturated rings. The first-order valence-corrected chi connectivity index (χ1v) is 10.5. The number of carbonyl (C=O) groups excluding carboxylic acids is 2. The molecule has 0 N–H and O–H groups in total. The van der Waals surface area contributed by atoms with E-state index in [0.29, 0.717) is 15.6 Å². The summed E-state index contributed by atoms with van der Waals surface area (Å²) >= 11 is 3.36. The van der Waals surface area contributed by atoms with Crippen molar-refractivity contribution >= 4 is 45.5 Å². The number of rotatable bonds is 5. The molecule has 1 aliphatic rings. The number of nitro groups is 1. The molecule has 1 aliphatic heterocycles. The Balaban J connectivity index is 1.63. The minimum absolute atomic E-state index is 0.0530. The molecule has 3 aromatic rings. The van der Waals surface area contributed by atoms with Crippen LogP contribution in [0.3, 0.4) is 0 Å². The van der Waals surface area contributed by atoms with Crippen LogP contribution in [0.4, 0.5) is 5.69 Å². The average Bonchev–Trinajstić information content (AvgIpc) is 3.16. The van der Waals surface area contributed by atoms with Crippen molar-refractivity contribution in [3.8, 4) is 5.75 Å². The predicted octanol–water partition coefficient (Wildman–Crippen LogP) is 5.23. The number of nitro benzene ring substituents is 1. The van der Waals surface area contributed by atoms with Crippen LogP contribution in [0.2, 0.25) is 0 Å². The third-order valence-electron chi connectivity index (χ3n) is 4.67. The standard InChI is InChI=1S/C24H15BrN2O6/c1-14-3-2-4-16(11-14)22-26-20(24(29)33-22)13-17-12-18(25)7-10-21(17)32-23(28)15-5-8-19(9-6-15)27(30)31/h2-13H,1H3/b20-13+. The molecule has 8 nitrogen and oxygen atoms in total. The Morgan fingerprint density at radius 1 is 1.12 bits per heavy atom. The highest BCUT2D eigenvalue weighted by molar-refractivity contribution is 9.10. The Morgan fingerprint density at radius 2 is 1.88 bits per heavy atom. The van der Waals surface area contributed by atoms with Crippen LogP contribution in [0.25, 0.3) is 6.08 Å². The fourth-order valence-corrected chi connectivity index (χ4v) is 3.44. The highest BCUT2D eigenvalue weighted by atomic mass is 79.9. The fraction of sp³-hybridized carbons (Fsp3) is 0.0417. The Kier molecular flexibility index (Phi) is 6.14. The van der Waals surface area contributed by atoms with Gasteiger partial charge in [-0.3, -0.25) is 10.1 Å². The van der Waals surface area contributed by atoms with E-state index in [1.807, 2.05) is 25.1 Å². The second-order valence-corrected chi connectivity index (χ2v) is 8.00. The van der Waals surface area contributed by atoms with Crippen LogP contribution in [0.15, 0.2) is 81.9 Å². The minimum atomic E-state index is -0.704. The summed E-state index contributed by atoms with van der Waals surface area (Å²) in [7, 11) is 0. The number of carbonyl (C=O) groups is 2. The SMILES string of the molecule is Cc1cccc(C2=N/C(=C/c3cc(Br)ccc3OC(=O)c3ccc([N+](=O)[O-])cc3)C(=O)O2)c1. The normalized spacial score (nSPS) is 14.1. The molecule has 0 bridgehead atoms. The van der Waals surface area contributed by atoms with Gasteiger partial charge in [0.05, 0.1) is 10.5 Å². The Hall–Kier alpha value is -4.11. The zero-order valence-electron chi connectivity index (χ0n) is 17.2. The van der Waals surface area contributed by atoms with Crippen LogP contribution in [0.1, 0.15) is 27.0 Å². The molecule has 4 rings (SSSR count). The van der Waals surface area contributed by atoms with Gasteiger partial charge in [0, 0.05) is 27.7 Å². The van der Waals surface area contributed by atoms with Crippen molar-refractivity contribution in [1.29, 1.82) is 0 Å². The fourth-order valence-electron chi connectivity index (χ4n) is 3.06. The number of aliphatic imine (C=N–C) groups is 1. The third kappa shape index (κ3) is 5.04. The molecular formula is C24H15BrN2O6. The molecule has 0 amide bonds. The Bertz CT molecular complexity index is 1350. The molecule has 0 aliphatic carbocycles. The van der Waals surface area contributed by atoms with E-state index in [1.54, 1.807) is 24.3 Å². The maximum absolute atomic E-state index is 12.6. The van der Waals surface area contributed by atoms with E-state index >= 15 is 0 Å². The van der Waals surface area contributed by atoms with Gasteiger partial charge < -0.3 is 9.47 Å². The largest absolute Gasteiger partial charge is 0.422 e. The lowest BCUT2D eigenvalue weighted by Gasteiger charge is -2.08.